The molecule has 1 rings (SSSR count). The molecule has 0 spiro atoms. The molecule has 1 aromatic rings. The van der Waals surface area contributed by atoms with E-state index in [4.69, 9.17) is 0 Å². The van der Waals surface area contributed by atoms with Crippen LogP contribution in [0.4, 0.5) is 0 Å². The first kappa shape index (κ1) is 9.09. The van der Waals surface area contributed by atoms with Crippen molar-refractivity contribution in [2.24, 2.45) is 0 Å². The van der Waals surface area contributed by atoms with Crippen LogP contribution in [0.1, 0.15) is 0 Å². The van der Waals surface area contributed by atoms with Gasteiger partial charge in [-0.05, 0) is 11.4 Å². The van der Waals surface area contributed by atoms with E-state index in [9.17, 15) is 4.57 Å². The maximum Gasteiger partial charge on any atom is 3.00 e. The first-order chi connectivity index (χ1) is 3.43. The summed E-state index contributed by atoms with van der Waals surface area (Å²) in [7, 11) is 0.133. The largest absolute Gasteiger partial charge is 3.00 e. The topological polar surface area (TPSA) is 17.1 Å². The summed E-state index contributed by atoms with van der Waals surface area (Å²) in [4.78, 5) is 0. The fourth-order valence-electron chi connectivity index (χ4n) is 0.322. The molecule has 0 bridgehead atoms. The second-order valence-corrected chi connectivity index (χ2v) is 2.96. The van der Waals surface area contributed by atoms with Gasteiger partial charge >= 0.3 is 38.6 Å². The zero-order valence-electron chi connectivity index (χ0n) is 3.83. The van der Waals surface area contributed by atoms with E-state index in [1.807, 2.05) is 17.5 Å². The molecule has 0 fully saturated rings. The maximum absolute atomic E-state index is 9.98. The van der Waals surface area contributed by atoms with E-state index in [-0.39, 0.29) is 47.1 Å². The number of hydrogen-bond acceptors (Lipinski definition) is 2. The van der Waals surface area contributed by atoms with Gasteiger partial charge < -0.3 is 0 Å². The Kier molecular flexibility index (Phi) is 5.59. The summed E-state index contributed by atoms with van der Waals surface area (Å²) in [5.41, 5.74) is 0. The molecule has 42 valence electrons. The Hall–Kier alpha value is 1.09. The van der Waals surface area contributed by atoms with Gasteiger partial charge in [-0.15, -0.1) is 11.3 Å². The minimum absolute atomic E-state index is 0. The van der Waals surface area contributed by atoms with E-state index in [2.05, 4.69) is 0 Å². The summed E-state index contributed by atoms with van der Waals surface area (Å²) in [6.07, 6.45) is 0. The monoisotopic (exact) mass is 289 g/mol. The molecule has 4 heteroatoms. The Balaban J connectivity index is 0.000000490. The Morgan fingerprint density at radius 1 is 1.62 bits per heavy atom. The summed E-state index contributed by atoms with van der Waals surface area (Å²) >= 11 is 1.50. The van der Waals surface area contributed by atoms with Crippen LogP contribution >= 0.6 is 19.8 Å². The second kappa shape index (κ2) is 4.92. The van der Waals surface area contributed by atoms with Crippen molar-refractivity contribution in [1.82, 2.24) is 0 Å². The summed E-state index contributed by atoms with van der Waals surface area (Å²) in [6.45, 7) is 0. The van der Waals surface area contributed by atoms with Gasteiger partial charge in [0.15, 0.2) is 0 Å². The number of hydrogen-bond donors (Lipinski definition) is 0. The van der Waals surface area contributed by atoms with Crippen molar-refractivity contribution in [3.05, 3.63) is 17.5 Å². The molecule has 0 saturated heterocycles. The summed E-state index contributed by atoms with van der Waals surface area (Å²) in [6, 6.07) is 3.71. The molecular weight excluding hydrogens is 286 g/mol. The zero-order chi connectivity index (χ0) is 5.11. The van der Waals surface area contributed by atoms with Crippen LogP contribution in [0.25, 0.3) is 0 Å². The van der Waals surface area contributed by atoms with Gasteiger partial charge in [-0.2, -0.15) is 0 Å². The zero-order valence-corrected chi connectivity index (χ0v) is 7.68. The van der Waals surface area contributed by atoms with Gasteiger partial charge in [0, 0.05) is 0 Å². The minimum Gasteiger partial charge on any atom is -0.268 e. The fraction of sp³-hybridized carbons (Fsp3) is 0. The van der Waals surface area contributed by atoms with Crippen molar-refractivity contribution in [1.29, 1.82) is 0 Å². The molecule has 0 aliphatic carbocycles. The molecule has 0 aliphatic rings. The van der Waals surface area contributed by atoms with Crippen molar-refractivity contribution in [2.75, 3.05) is 0 Å². The molecule has 0 amide bonds. The Bertz CT molecular complexity index is 151. The average Bonchev–Trinajstić information content (AvgIpc) is 2.14. The van der Waals surface area contributed by atoms with Crippen LogP contribution in [0.2, 0.25) is 0 Å². The summed E-state index contributed by atoms with van der Waals surface area (Å²) in [5, 5.41) is 1.90. The van der Waals surface area contributed by atoms with Crippen LogP contribution < -0.4 is 4.62 Å². The average molecular weight is 289 g/mol. The Labute approximate surface area is 84.1 Å². The van der Waals surface area contributed by atoms with Crippen LogP contribution in [0.3, 0.4) is 0 Å². The van der Waals surface area contributed by atoms with E-state index in [0.717, 1.165) is 4.62 Å². The molecule has 8 heavy (non-hydrogen) atoms. The van der Waals surface area contributed by atoms with Crippen LogP contribution in [-0.4, -0.2) is 0 Å². The van der Waals surface area contributed by atoms with Crippen molar-refractivity contribution in [2.45, 2.75) is 0 Å². The van der Waals surface area contributed by atoms with E-state index in [1.54, 1.807) is 0 Å². The minimum atomic E-state index is 0. The second-order valence-electron chi connectivity index (χ2n) is 1.04. The molecule has 0 radical (unpaired) electrons. The van der Waals surface area contributed by atoms with Gasteiger partial charge in [0.2, 0.25) is 8.46 Å². The SMILES string of the molecule is O=Pc1cccs1.[Tb+3]. The molecular formula is C4H3OPSTb+3. The summed E-state index contributed by atoms with van der Waals surface area (Å²) < 4.78 is 10.9. The van der Waals surface area contributed by atoms with Crippen LogP contribution in [0.5, 0.6) is 0 Å². The first-order valence-corrected chi connectivity index (χ1v) is 3.49. The molecule has 0 aromatic carbocycles. The van der Waals surface area contributed by atoms with Gasteiger partial charge in [0.05, 0.1) is 4.62 Å². The predicted molar refractivity (Wildman–Crippen MR) is 31.6 cm³/mol. The third kappa shape index (κ3) is 2.58. The number of rotatable bonds is 1. The third-order valence-electron chi connectivity index (χ3n) is 0.596. The van der Waals surface area contributed by atoms with Crippen molar-refractivity contribution < 1.29 is 43.2 Å². The van der Waals surface area contributed by atoms with Crippen LogP contribution in [0, 0.1) is 38.6 Å². The normalized spacial score (nSPS) is 8.50. The van der Waals surface area contributed by atoms with Gasteiger partial charge in [-0.1, -0.05) is 6.07 Å². The Morgan fingerprint density at radius 2 is 2.38 bits per heavy atom. The van der Waals surface area contributed by atoms with Crippen LogP contribution in [-0.2, 0) is 4.57 Å². The summed E-state index contributed by atoms with van der Waals surface area (Å²) in [5.74, 6) is 0. The molecule has 1 nitrogen and oxygen atoms in total. The predicted octanol–water partition coefficient (Wildman–Crippen LogP) is 1.67. The van der Waals surface area contributed by atoms with E-state index < -0.39 is 0 Å². The Morgan fingerprint density at radius 3 is 2.62 bits per heavy atom. The molecule has 0 atom stereocenters. The smallest absolute Gasteiger partial charge is 0.268 e. The van der Waals surface area contributed by atoms with Crippen molar-refractivity contribution in [3.8, 4) is 0 Å². The molecule has 0 aliphatic heterocycles. The quantitative estimate of drug-likeness (QED) is 0.719. The molecule has 1 aromatic heterocycles. The van der Waals surface area contributed by atoms with Crippen LogP contribution in [0.15, 0.2) is 17.5 Å². The van der Waals surface area contributed by atoms with E-state index in [0.29, 0.717) is 0 Å². The van der Waals surface area contributed by atoms with Gasteiger partial charge in [0.1, 0.15) is 0 Å². The van der Waals surface area contributed by atoms with E-state index in [1.165, 1.54) is 11.3 Å². The maximum atomic E-state index is 9.98. The standard InChI is InChI=1S/C4H3OPS.Tb/c5-6-4-2-1-3-7-4;/h1-3H;/q;+3. The number of thiophene rings is 1. The first-order valence-electron chi connectivity index (χ1n) is 1.80. The molecule has 0 N–H and O–H groups in total. The fourth-order valence-corrected chi connectivity index (χ4v) is 1.28. The molecule has 0 saturated carbocycles. The molecule has 0 unspecified atom stereocenters. The van der Waals surface area contributed by atoms with E-state index >= 15 is 0 Å². The van der Waals surface area contributed by atoms with Crippen molar-refractivity contribution in [3.63, 3.8) is 0 Å². The van der Waals surface area contributed by atoms with Crippen molar-refractivity contribution >= 4 is 24.4 Å². The van der Waals surface area contributed by atoms with Gasteiger partial charge in [-0.25, -0.2) is 0 Å². The molecule has 1 heterocycles. The third-order valence-corrected chi connectivity index (χ3v) is 2.14. The van der Waals surface area contributed by atoms with Gasteiger partial charge in [0.25, 0.3) is 0 Å². The van der Waals surface area contributed by atoms with Gasteiger partial charge in [-0.3, -0.25) is 4.57 Å².